The van der Waals surface area contributed by atoms with Gasteiger partial charge in [-0.15, -0.1) is 0 Å². The van der Waals surface area contributed by atoms with Crippen LogP contribution in [-0.4, -0.2) is 17.0 Å². The van der Waals surface area contributed by atoms with E-state index in [1.807, 2.05) is 0 Å². The van der Waals surface area contributed by atoms with Crippen molar-refractivity contribution >= 4 is 5.78 Å². The summed E-state index contributed by atoms with van der Waals surface area (Å²) in [6, 6.07) is 0. The number of ketones is 1. The Morgan fingerprint density at radius 2 is 2.09 bits per heavy atom. The van der Waals surface area contributed by atoms with Crippen LogP contribution >= 0.6 is 0 Å². The number of Topliss-reactive ketones (excluding diaryl/α,β-unsaturated/α-hetero) is 1. The van der Waals surface area contributed by atoms with Crippen molar-refractivity contribution in [3.05, 3.63) is 0 Å². The van der Waals surface area contributed by atoms with Gasteiger partial charge in [0, 0.05) is 5.92 Å². The molecule has 0 aliphatic heterocycles. The topological polar surface area (TPSA) is 37.3 Å². The van der Waals surface area contributed by atoms with Crippen LogP contribution in [0.25, 0.3) is 0 Å². The van der Waals surface area contributed by atoms with E-state index in [4.69, 9.17) is 0 Å². The van der Waals surface area contributed by atoms with Crippen molar-refractivity contribution in [2.45, 2.75) is 39.2 Å². The van der Waals surface area contributed by atoms with Gasteiger partial charge in [-0.2, -0.15) is 0 Å². The number of carbonyl (C=O) groups excluding carboxylic acids is 1. The maximum Gasteiger partial charge on any atom is 0.133 e. The highest BCUT2D eigenvalue weighted by Gasteiger charge is 2.28. The minimum Gasteiger partial charge on any atom is -0.393 e. The Bertz CT molecular complexity index is 154. The molecule has 0 radical (unpaired) electrons. The van der Waals surface area contributed by atoms with Gasteiger partial charge in [-0.1, -0.05) is 6.92 Å². The highest BCUT2D eigenvalue weighted by molar-refractivity contribution is 5.78. The van der Waals surface area contributed by atoms with E-state index in [0.717, 1.165) is 19.3 Å². The second-order valence-electron chi connectivity index (χ2n) is 3.66. The van der Waals surface area contributed by atoms with Crippen molar-refractivity contribution < 1.29 is 9.90 Å². The average molecular weight is 156 g/mol. The average Bonchev–Trinajstić information content (AvgIpc) is 1.85. The summed E-state index contributed by atoms with van der Waals surface area (Å²) in [5.74, 6) is 0.860. The molecule has 1 aliphatic rings. The Kier molecular flexibility index (Phi) is 2.66. The van der Waals surface area contributed by atoms with E-state index in [1.165, 1.54) is 0 Å². The van der Waals surface area contributed by atoms with Crippen LogP contribution in [0.3, 0.4) is 0 Å². The number of rotatable bonds is 1. The first kappa shape index (κ1) is 8.72. The lowest BCUT2D eigenvalue weighted by Crippen LogP contribution is -2.29. The Morgan fingerprint density at radius 3 is 2.55 bits per heavy atom. The van der Waals surface area contributed by atoms with E-state index in [0.29, 0.717) is 5.92 Å². The third kappa shape index (κ3) is 2.03. The van der Waals surface area contributed by atoms with Crippen LogP contribution in [0.2, 0.25) is 0 Å². The Balaban J connectivity index is 2.50. The van der Waals surface area contributed by atoms with E-state index >= 15 is 0 Å². The molecule has 1 N–H and O–H groups in total. The van der Waals surface area contributed by atoms with Crippen molar-refractivity contribution in [2.75, 3.05) is 0 Å². The normalized spacial score (nSPS) is 38.6. The fourth-order valence-corrected chi connectivity index (χ4v) is 1.97. The second kappa shape index (κ2) is 3.35. The summed E-state index contributed by atoms with van der Waals surface area (Å²) >= 11 is 0. The molecule has 11 heavy (non-hydrogen) atoms. The molecule has 3 unspecified atom stereocenters. The lowest BCUT2D eigenvalue weighted by Gasteiger charge is -2.29. The van der Waals surface area contributed by atoms with Crippen LogP contribution < -0.4 is 0 Å². The molecule has 0 heterocycles. The standard InChI is InChI=1S/C9H16O2/c1-6-5-8(11)3-4-9(6)7(2)10/h6,8-9,11H,3-5H2,1-2H3. The van der Waals surface area contributed by atoms with E-state index in [1.54, 1.807) is 6.92 Å². The largest absolute Gasteiger partial charge is 0.393 e. The molecule has 1 aliphatic carbocycles. The predicted octanol–water partition coefficient (Wildman–Crippen LogP) is 1.37. The van der Waals surface area contributed by atoms with Crippen LogP contribution in [-0.2, 0) is 4.79 Å². The van der Waals surface area contributed by atoms with Crippen LogP contribution in [0, 0.1) is 11.8 Å². The molecular formula is C9H16O2. The quantitative estimate of drug-likeness (QED) is 0.622. The van der Waals surface area contributed by atoms with Crippen LogP contribution in [0.5, 0.6) is 0 Å². The smallest absolute Gasteiger partial charge is 0.133 e. The SMILES string of the molecule is CC(=O)C1CCC(O)CC1C. The molecule has 0 aromatic carbocycles. The molecule has 1 rings (SSSR count). The second-order valence-corrected chi connectivity index (χ2v) is 3.66. The molecule has 0 bridgehead atoms. The fourth-order valence-electron chi connectivity index (χ4n) is 1.97. The van der Waals surface area contributed by atoms with Crippen LogP contribution in [0.15, 0.2) is 0 Å². The van der Waals surface area contributed by atoms with Gasteiger partial charge in [0.2, 0.25) is 0 Å². The molecule has 3 atom stereocenters. The van der Waals surface area contributed by atoms with Gasteiger partial charge in [-0.05, 0) is 32.1 Å². The summed E-state index contributed by atoms with van der Waals surface area (Å²) in [6.07, 6.45) is 2.30. The molecule has 64 valence electrons. The fraction of sp³-hybridized carbons (Fsp3) is 0.889. The molecule has 1 fully saturated rings. The minimum atomic E-state index is -0.166. The number of aliphatic hydroxyl groups is 1. The maximum absolute atomic E-state index is 11.0. The number of carbonyl (C=O) groups is 1. The van der Waals surface area contributed by atoms with Crippen molar-refractivity contribution in [2.24, 2.45) is 11.8 Å². The highest BCUT2D eigenvalue weighted by Crippen LogP contribution is 2.30. The first-order chi connectivity index (χ1) is 5.11. The van der Waals surface area contributed by atoms with E-state index < -0.39 is 0 Å². The molecule has 0 saturated heterocycles. The summed E-state index contributed by atoms with van der Waals surface area (Å²) in [7, 11) is 0. The van der Waals surface area contributed by atoms with Gasteiger partial charge < -0.3 is 5.11 Å². The summed E-state index contributed by atoms with van der Waals surface area (Å²) in [5.41, 5.74) is 0. The van der Waals surface area contributed by atoms with Gasteiger partial charge in [-0.25, -0.2) is 0 Å². The predicted molar refractivity (Wildman–Crippen MR) is 43.2 cm³/mol. The summed E-state index contributed by atoms with van der Waals surface area (Å²) in [5, 5.41) is 9.27. The number of hydrogen-bond acceptors (Lipinski definition) is 2. The van der Waals surface area contributed by atoms with Gasteiger partial charge in [0.15, 0.2) is 0 Å². The third-order valence-corrected chi connectivity index (χ3v) is 2.66. The van der Waals surface area contributed by atoms with Gasteiger partial charge in [-0.3, -0.25) is 4.79 Å². The van der Waals surface area contributed by atoms with Crippen LogP contribution in [0.4, 0.5) is 0 Å². The molecule has 0 aromatic heterocycles. The third-order valence-electron chi connectivity index (χ3n) is 2.66. The molecule has 0 amide bonds. The Morgan fingerprint density at radius 1 is 1.45 bits per heavy atom. The zero-order valence-corrected chi connectivity index (χ0v) is 7.21. The molecule has 2 nitrogen and oxygen atoms in total. The highest BCUT2D eigenvalue weighted by atomic mass is 16.3. The molecular weight excluding hydrogens is 140 g/mol. The number of aliphatic hydroxyl groups excluding tert-OH is 1. The zero-order valence-electron chi connectivity index (χ0n) is 7.21. The number of hydrogen-bond donors (Lipinski definition) is 1. The monoisotopic (exact) mass is 156 g/mol. The van der Waals surface area contributed by atoms with E-state index in [2.05, 4.69) is 6.92 Å². The van der Waals surface area contributed by atoms with Gasteiger partial charge in [0.05, 0.1) is 6.10 Å². The maximum atomic E-state index is 11.0. The summed E-state index contributed by atoms with van der Waals surface area (Å²) in [6.45, 7) is 3.70. The summed E-state index contributed by atoms with van der Waals surface area (Å²) in [4.78, 5) is 11.0. The van der Waals surface area contributed by atoms with E-state index in [-0.39, 0.29) is 17.8 Å². The minimum absolute atomic E-state index is 0.166. The van der Waals surface area contributed by atoms with E-state index in [9.17, 15) is 9.90 Å². The molecule has 0 spiro atoms. The lowest BCUT2D eigenvalue weighted by molar-refractivity contribution is -0.124. The molecule has 0 aromatic rings. The van der Waals surface area contributed by atoms with Crippen molar-refractivity contribution in [3.63, 3.8) is 0 Å². The van der Waals surface area contributed by atoms with Crippen molar-refractivity contribution in [1.29, 1.82) is 0 Å². The first-order valence-corrected chi connectivity index (χ1v) is 4.29. The van der Waals surface area contributed by atoms with Crippen LogP contribution in [0.1, 0.15) is 33.1 Å². The zero-order chi connectivity index (χ0) is 8.43. The van der Waals surface area contributed by atoms with Gasteiger partial charge >= 0.3 is 0 Å². The first-order valence-electron chi connectivity index (χ1n) is 4.29. The molecule has 2 heteroatoms. The molecule has 1 saturated carbocycles. The van der Waals surface area contributed by atoms with Crippen molar-refractivity contribution in [3.8, 4) is 0 Å². The van der Waals surface area contributed by atoms with Crippen molar-refractivity contribution in [1.82, 2.24) is 0 Å². The Hall–Kier alpha value is -0.370. The lowest BCUT2D eigenvalue weighted by atomic mass is 9.77. The Labute approximate surface area is 67.6 Å². The van der Waals surface area contributed by atoms with Gasteiger partial charge in [0.25, 0.3) is 0 Å². The summed E-state index contributed by atoms with van der Waals surface area (Å²) < 4.78 is 0. The van der Waals surface area contributed by atoms with Gasteiger partial charge in [0.1, 0.15) is 5.78 Å².